The molecule has 0 bridgehead atoms. The van der Waals surface area contributed by atoms with Crippen molar-refractivity contribution in [3.63, 3.8) is 0 Å². The van der Waals surface area contributed by atoms with Gasteiger partial charge in [0.25, 0.3) is 0 Å². The maximum absolute atomic E-state index is 12.0. The minimum absolute atomic E-state index is 0.320. The molecule has 1 atom stereocenters. The molecule has 1 aliphatic rings. The molecule has 0 aliphatic carbocycles. The van der Waals surface area contributed by atoms with E-state index in [1.165, 1.54) is 21.3 Å². The number of methoxy groups -OCH3 is 3. The van der Waals surface area contributed by atoms with Crippen molar-refractivity contribution in [2.24, 2.45) is 0 Å². The third-order valence-corrected chi connectivity index (χ3v) is 4.31. The average Bonchev–Trinajstić information content (AvgIpc) is 3.24. The first-order valence-corrected chi connectivity index (χ1v) is 7.55. The zero-order valence-electron chi connectivity index (χ0n) is 14.1. The zero-order chi connectivity index (χ0) is 18.0. The molecule has 1 aliphatic heterocycles. The van der Waals surface area contributed by atoms with Crippen LogP contribution in [0, 0.1) is 11.3 Å². The van der Waals surface area contributed by atoms with Crippen LogP contribution in [0.15, 0.2) is 24.7 Å². The van der Waals surface area contributed by atoms with Crippen molar-refractivity contribution in [2.45, 2.75) is 18.6 Å². The van der Waals surface area contributed by atoms with E-state index in [9.17, 15) is 10.1 Å². The summed E-state index contributed by atoms with van der Waals surface area (Å²) in [6, 6.07) is 5.27. The molecule has 2 heterocycles. The van der Waals surface area contributed by atoms with E-state index in [1.54, 1.807) is 29.2 Å². The number of ether oxygens (including phenoxy) is 4. The van der Waals surface area contributed by atoms with Crippen LogP contribution in [-0.2, 0) is 21.6 Å². The Morgan fingerprint density at radius 1 is 1.28 bits per heavy atom. The lowest BCUT2D eigenvalue weighted by Gasteiger charge is -2.32. The summed E-state index contributed by atoms with van der Waals surface area (Å²) in [5.74, 6) is 0.766. The number of carbonyl (C=O) groups is 1. The van der Waals surface area contributed by atoms with Crippen molar-refractivity contribution >= 4 is 6.16 Å². The van der Waals surface area contributed by atoms with Crippen LogP contribution < -0.4 is 9.47 Å². The van der Waals surface area contributed by atoms with Crippen LogP contribution in [0.2, 0.25) is 0 Å². The number of aryl methyl sites for hydroxylation is 1. The molecule has 2 aromatic rings. The van der Waals surface area contributed by atoms with Gasteiger partial charge in [0, 0.05) is 24.4 Å². The fraction of sp³-hybridized carbons (Fsp3) is 0.353. The van der Waals surface area contributed by atoms with Gasteiger partial charge in [-0.05, 0) is 12.5 Å². The lowest BCUT2D eigenvalue weighted by Crippen LogP contribution is -2.37. The second kappa shape index (κ2) is 6.36. The smallest absolute Gasteiger partial charge is 0.496 e. The van der Waals surface area contributed by atoms with Crippen LogP contribution in [0.1, 0.15) is 23.2 Å². The summed E-state index contributed by atoms with van der Waals surface area (Å²) in [7, 11) is 4.20. The number of carbonyl (C=O) groups excluding carboxylic acids is 1. The molecule has 0 radical (unpaired) electrons. The topological polar surface area (TPSA) is 95.6 Å². The number of rotatable bonds is 4. The molecule has 8 nitrogen and oxygen atoms in total. The van der Waals surface area contributed by atoms with Crippen molar-refractivity contribution < 1.29 is 23.7 Å². The maximum atomic E-state index is 12.0. The van der Waals surface area contributed by atoms with Gasteiger partial charge in [-0.1, -0.05) is 0 Å². The summed E-state index contributed by atoms with van der Waals surface area (Å²) >= 11 is 0. The highest BCUT2D eigenvalue weighted by atomic mass is 16.7. The lowest BCUT2D eigenvalue weighted by molar-refractivity contribution is -0.0471. The van der Waals surface area contributed by atoms with Gasteiger partial charge >= 0.3 is 6.16 Å². The number of hydrogen-bond acceptors (Lipinski definition) is 7. The molecular weight excluding hydrogens is 326 g/mol. The fourth-order valence-electron chi connectivity index (χ4n) is 3.14. The highest BCUT2D eigenvalue weighted by Gasteiger charge is 2.47. The molecule has 0 amide bonds. The summed E-state index contributed by atoms with van der Waals surface area (Å²) in [4.78, 5) is 16.1. The van der Waals surface area contributed by atoms with Gasteiger partial charge < -0.3 is 18.9 Å². The van der Waals surface area contributed by atoms with Crippen molar-refractivity contribution in [2.75, 3.05) is 21.3 Å². The van der Waals surface area contributed by atoms with Crippen LogP contribution >= 0.6 is 0 Å². The van der Waals surface area contributed by atoms with E-state index >= 15 is 0 Å². The van der Waals surface area contributed by atoms with E-state index < -0.39 is 11.9 Å². The minimum Gasteiger partial charge on any atom is -0.496 e. The largest absolute Gasteiger partial charge is 0.510 e. The van der Waals surface area contributed by atoms with Crippen LogP contribution in [0.25, 0.3) is 0 Å². The molecule has 0 saturated heterocycles. The van der Waals surface area contributed by atoms with E-state index in [0.717, 1.165) is 5.69 Å². The summed E-state index contributed by atoms with van der Waals surface area (Å²) in [6.45, 7) is 0. The lowest BCUT2D eigenvalue weighted by atomic mass is 9.96. The highest BCUT2D eigenvalue weighted by molar-refractivity contribution is 5.62. The number of aromatic nitrogens is 2. The second-order valence-corrected chi connectivity index (χ2v) is 5.46. The minimum atomic E-state index is -1.19. The van der Waals surface area contributed by atoms with E-state index in [-0.39, 0.29) is 0 Å². The molecule has 3 rings (SSSR count). The maximum Gasteiger partial charge on any atom is 0.510 e. The molecule has 1 aromatic carbocycles. The van der Waals surface area contributed by atoms with Gasteiger partial charge in [-0.25, -0.2) is 9.78 Å². The monoisotopic (exact) mass is 343 g/mol. The number of benzene rings is 1. The Hall–Kier alpha value is -3.21. The predicted molar refractivity (Wildman–Crippen MR) is 85.4 cm³/mol. The number of imidazole rings is 1. The summed E-state index contributed by atoms with van der Waals surface area (Å²) < 4.78 is 22.9. The fourth-order valence-corrected chi connectivity index (χ4v) is 3.14. The SMILES string of the molecule is COC(=O)OC1(c2cc(OC)c(C#N)cc2OC)CCc2cncn21. The van der Waals surface area contributed by atoms with Gasteiger partial charge in [0.1, 0.15) is 17.6 Å². The summed E-state index contributed by atoms with van der Waals surface area (Å²) in [6.07, 6.45) is 3.62. The van der Waals surface area contributed by atoms with Gasteiger partial charge in [-0.2, -0.15) is 5.26 Å². The first-order valence-electron chi connectivity index (χ1n) is 7.55. The van der Waals surface area contributed by atoms with Crippen LogP contribution in [-0.4, -0.2) is 37.0 Å². The molecular formula is C17H17N3O5. The molecule has 1 aromatic heterocycles. The molecule has 0 N–H and O–H groups in total. The van der Waals surface area contributed by atoms with Crippen molar-refractivity contribution in [1.29, 1.82) is 5.26 Å². The normalized spacial score (nSPS) is 18.2. The number of nitrogens with zero attached hydrogens (tertiary/aromatic N) is 3. The number of hydrogen-bond donors (Lipinski definition) is 0. The van der Waals surface area contributed by atoms with Crippen LogP contribution in [0.3, 0.4) is 0 Å². The Morgan fingerprint density at radius 2 is 2.04 bits per heavy atom. The standard InChI is InChI=1S/C17H17N3O5/c1-22-14-7-13(15(23-2)6-11(14)8-18)17(25-16(21)24-3)5-4-12-9-19-10-20(12)17/h6-7,9-10H,4-5H2,1-3H3. The third-order valence-electron chi connectivity index (χ3n) is 4.31. The van der Waals surface area contributed by atoms with Gasteiger partial charge in [0.2, 0.25) is 5.72 Å². The van der Waals surface area contributed by atoms with E-state index in [2.05, 4.69) is 11.1 Å². The molecule has 130 valence electrons. The molecule has 0 saturated carbocycles. The van der Waals surface area contributed by atoms with Crippen molar-refractivity contribution in [3.05, 3.63) is 41.5 Å². The predicted octanol–water partition coefficient (Wildman–Crippen LogP) is 2.20. The average molecular weight is 343 g/mol. The Labute approximate surface area is 144 Å². The Bertz CT molecular complexity index is 854. The van der Waals surface area contributed by atoms with Crippen molar-refractivity contribution in [1.82, 2.24) is 9.55 Å². The van der Waals surface area contributed by atoms with Gasteiger partial charge in [0.15, 0.2) is 0 Å². The van der Waals surface area contributed by atoms with Crippen LogP contribution in [0.4, 0.5) is 4.79 Å². The molecule has 8 heteroatoms. The van der Waals surface area contributed by atoms with Gasteiger partial charge in [-0.15, -0.1) is 0 Å². The quantitative estimate of drug-likeness (QED) is 0.785. The molecule has 25 heavy (non-hydrogen) atoms. The Balaban J connectivity index is 2.25. The summed E-state index contributed by atoms with van der Waals surface area (Å²) in [5, 5.41) is 9.29. The Kier molecular flexibility index (Phi) is 4.23. The van der Waals surface area contributed by atoms with E-state index in [4.69, 9.17) is 18.9 Å². The third kappa shape index (κ3) is 2.54. The first kappa shape index (κ1) is 16.6. The molecule has 1 unspecified atom stereocenters. The zero-order valence-corrected chi connectivity index (χ0v) is 14.1. The molecule has 0 fully saturated rings. The highest BCUT2D eigenvalue weighted by Crippen LogP contribution is 2.45. The van der Waals surface area contributed by atoms with Gasteiger partial charge in [0.05, 0.1) is 38.8 Å². The number of nitriles is 1. The summed E-state index contributed by atoms with van der Waals surface area (Å²) in [5.41, 5.74) is 0.591. The number of fused-ring (bicyclic) bond motifs is 1. The Morgan fingerprint density at radius 3 is 2.68 bits per heavy atom. The van der Waals surface area contributed by atoms with Gasteiger partial charge in [-0.3, -0.25) is 4.57 Å². The van der Waals surface area contributed by atoms with E-state index in [1.807, 2.05) is 0 Å². The molecule has 0 spiro atoms. The van der Waals surface area contributed by atoms with E-state index in [0.29, 0.717) is 35.5 Å². The second-order valence-electron chi connectivity index (χ2n) is 5.46. The van der Waals surface area contributed by atoms with Crippen molar-refractivity contribution in [3.8, 4) is 17.6 Å². The first-order chi connectivity index (χ1) is 12.1. The van der Waals surface area contributed by atoms with Crippen LogP contribution in [0.5, 0.6) is 11.5 Å².